The molecule has 0 aliphatic rings. The number of rotatable bonds is 8. The van der Waals surface area contributed by atoms with Crippen molar-refractivity contribution < 1.29 is 4.79 Å². The highest BCUT2D eigenvalue weighted by Gasteiger charge is 2.18. The van der Waals surface area contributed by atoms with Crippen LogP contribution in [0.5, 0.6) is 0 Å². The third-order valence-electron chi connectivity index (χ3n) is 4.78. The quantitative estimate of drug-likeness (QED) is 0.423. The van der Waals surface area contributed by atoms with Crippen molar-refractivity contribution in [3.63, 3.8) is 0 Å². The normalized spacial score (nSPS) is 11.6. The van der Waals surface area contributed by atoms with Gasteiger partial charge < -0.3 is 5.32 Å². The van der Waals surface area contributed by atoms with E-state index >= 15 is 0 Å². The third kappa shape index (κ3) is 4.27. The third-order valence-corrected chi connectivity index (χ3v) is 6.60. The molecule has 3 heterocycles. The Balaban J connectivity index is 1.56. The Labute approximate surface area is 182 Å². The number of hydrogen-bond donors (Lipinski definition) is 1. The summed E-state index contributed by atoms with van der Waals surface area (Å²) in [6, 6.07) is 11.7. The fourth-order valence-corrected chi connectivity index (χ4v) is 4.75. The van der Waals surface area contributed by atoms with Crippen LogP contribution in [0.3, 0.4) is 0 Å². The van der Waals surface area contributed by atoms with Crippen molar-refractivity contribution in [3.05, 3.63) is 57.7 Å². The minimum atomic E-state index is -0.0738. The van der Waals surface area contributed by atoms with Crippen LogP contribution in [0.4, 0.5) is 0 Å². The van der Waals surface area contributed by atoms with Gasteiger partial charge in [-0.2, -0.15) is 0 Å². The second-order valence-electron chi connectivity index (χ2n) is 7.44. The molecule has 0 saturated carbocycles. The van der Waals surface area contributed by atoms with E-state index in [4.69, 9.17) is 0 Å². The van der Waals surface area contributed by atoms with Crippen LogP contribution in [-0.2, 0) is 17.9 Å². The van der Waals surface area contributed by atoms with Crippen LogP contribution < -0.4 is 10.9 Å². The fraction of sp³-hybridized carbons (Fsp3) is 0.333. The van der Waals surface area contributed by atoms with Gasteiger partial charge in [0.15, 0.2) is 5.16 Å². The number of benzene rings is 1. The van der Waals surface area contributed by atoms with Gasteiger partial charge in [0.05, 0.1) is 11.3 Å². The van der Waals surface area contributed by atoms with E-state index in [9.17, 15) is 9.59 Å². The lowest BCUT2D eigenvalue weighted by molar-refractivity contribution is -0.118. The number of aromatic nitrogens is 4. The predicted molar refractivity (Wildman–Crippen MR) is 121 cm³/mol. The summed E-state index contributed by atoms with van der Waals surface area (Å²) in [6.45, 7) is 5.34. The van der Waals surface area contributed by atoms with Gasteiger partial charge in [-0.25, -0.2) is 0 Å². The molecule has 0 bridgehead atoms. The highest BCUT2D eigenvalue weighted by Crippen LogP contribution is 2.24. The van der Waals surface area contributed by atoms with Gasteiger partial charge in [0.25, 0.3) is 5.56 Å². The molecular formula is C21H23N5O2S2. The zero-order valence-corrected chi connectivity index (χ0v) is 18.5. The average Bonchev–Trinajstić information content (AvgIpc) is 3.38. The fourth-order valence-electron chi connectivity index (χ4n) is 3.16. The summed E-state index contributed by atoms with van der Waals surface area (Å²) in [6.07, 6.45) is 0.879. The Hall–Kier alpha value is -2.65. The molecule has 9 heteroatoms. The number of hydrogen-bond acceptors (Lipinski definition) is 6. The van der Waals surface area contributed by atoms with Gasteiger partial charge in [-0.1, -0.05) is 55.9 Å². The number of thioether (sulfide) groups is 1. The SMILES string of the molecule is CC(C)CCn1c(=O)c2sccc2n2c(SCC(=O)NCc3ccccc3)nnc12. The van der Waals surface area contributed by atoms with Gasteiger partial charge in [-0.15, -0.1) is 21.5 Å². The molecular weight excluding hydrogens is 418 g/mol. The van der Waals surface area contributed by atoms with Gasteiger partial charge in [-0.05, 0) is 29.3 Å². The molecule has 0 aliphatic carbocycles. The molecule has 0 fully saturated rings. The molecule has 0 aliphatic heterocycles. The summed E-state index contributed by atoms with van der Waals surface area (Å²) in [5.41, 5.74) is 1.81. The van der Waals surface area contributed by atoms with Gasteiger partial charge in [-0.3, -0.25) is 18.6 Å². The highest BCUT2D eigenvalue weighted by molar-refractivity contribution is 7.99. The number of nitrogens with zero attached hydrogens (tertiary/aromatic N) is 4. The first-order chi connectivity index (χ1) is 14.5. The molecule has 30 heavy (non-hydrogen) atoms. The van der Waals surface area contributed by atoms with Crippen molar-refractivity contribution in [2.24, 2.45) is 5.92 Å². The molecule has 1 amide bonds. The second kappa shape index (κ2) is 9.01. The summed E-state index contributed by atoms with van der Waals surface area (Å²) in [7, 11) is 0. The van der Waals surface area contributed by atoms with Crippen LogP contribution in [0.2, 0.25) is 0 Å². The molecule has 3 aromatic heterocycles. The van der Waals surface area contributed by atoms with Crippen molar-refractivity contribution in [2.45, 2.75) is 38.5 Å². The Bertz CT molecular complexity index is 1230. The number of aryl methyl sites for hydroxylation is 1. The first kappa shape index (κ1) is 20.6. The van der Waals surface area contributed by atoms with Crippen molar-refractivity contribution in [3.8, 4) is 0 Å². The number of nitrogens with one attached hydrogen (secondary N) is 1. The monoisotopic (exact) mass is 441 g/mol. The minimum Gasteiger partial charge on any atom is -0.351 e. The van der Waals surface area contributed by atoms with Crippen LogP contribution in [0.15, 0.2) is 51.7 Å². The molecule has 4 aromatic rings. The average molecular weight is 442 g/mol. The lowest BCUT2D eigenvalue weighted by Gasteiger charge is -2.10. The molecule has 0 saturated heterocycles. The first-order valence-electron chi connectivity index (χ1n) is 9.83. The number of amides is 1. The maximum atomic E-state index is 12.9. The van der Waals surface area contributed by atoms with Gasteiger partial charge in [0, 0.05) is 13.1 Å². The standard InChI is InChI=1S/C21H23N5O2S2/c1-14(2)8-10-25-19(28)18-16(9-11-29-18)26-20(25)23-24-21(26)30-13-17(27)22-12-15-6-4-3-5-7-15/h3-7,9,11,14H,8,10,12-13H2,1-2H3,(H,22,27). The topological polar surface area (TPSA) is 81.3 Å². The first-order valence-corrected chi connectivity index (χ1v) is 11.7. The molecule has 4 rings (SSSR count). The van der Waals surface area contributed by atoms with Crippen LogP contribution in [0.25, 0.3) is 16.0 Å². The van der Waals surface area contributed by atoms with E-state index in [0.717, 1.165) is 17.5 Å². The summed E-state index contributed by atoms with van der Waals surface area (Å²) < 4.78 is 4.27. The zero-order chi connectivity index (χ0) is 21.1. The highest BCUT2D eigenvalue weighted by atomic mass is 32.2. The maximum Gasteiger partial charge on any atom is 0.272 e. The largest absolute Gasteiger partial charge is 0.351 e. The molecule has 0 atom stereocenters. The van der Waals surface area contributed by atoms with E-state index in [0.29, 0.717) is 34.6 Å². The van der Waals surface area contributed by atoms with Gasteiger partial charge in [0.2, 0.25) is 11.7 Å². The predicted octanol–water partition coefficient (Wildman–Crippen LogP) is 3.56. The molecule has 7 nitrogen and oxygen atoms in total. The molecule has 156 valence electrons. The lowest BCUT2D eigenvalue weighted by atomic mass is 10.1. The van der Waals surface area contributed by atoms with Crippen molar-refractivity contribution >= 4 is 45.0 Å². The van der Waals surface area contributed by atoms with E-state index in [1.54, 1.807) is 4.57 Å². The van der Waals surface area contributed by atoms with Crippen molar-refractivity contribution in [1.29, 1.82) is 0 Å². The minimum absolute atomic E-state index is 0.0299. The van der Waals surface area contributed by atoms with Gasteiger partial charge in [0.1, 0.15) is 4.70 Å². The molecule has 1 aromatic carbocycles. The lowest BCUT2D eigenvalue weighted by Crippen LogP contribution is -2.25. The van der Waals surface area contributed by atoms with E-state index in [2.05, 4.69) is 29.4 Å². The van der Waals surface area contributed by atoms with E-state index in [1.807, 2.05) is 46.2 Å². The van der Waals surface area contributed by atoms with Gasteiger partial charge >= 0.3 is 0 Å². The zero-order valence-electron chi connectivity index (χ0n) is 16.9. The van der Waals surface area contributed by atoms with Crippen LogP contribution in [-0.4, -0.2) is 30.8 Å². The summed E-state index contributed by atoms with van der Waals surface area (Å²) >= 11 is 2.74. The number of thiophene rings is 1. The van der Waals surface area contributed by atoms with Crippen molar-refractivity contribution in [1.82, 2.24) is 24.5 Å². The van der Waals surface area contributed by atoms with Crippen LogP contribution in [0.1, 0.15) is 25.8 Å². The number of carbonyl (C=O) groups is 1. The van der Waals surface area contributed by atoms with E-state index < -0.39 is 0 Å². The molecule has 0 unspecified atom stereocenters. The maximum absolute atomic E-state index is 12.9. The summed E-state index contributed by atoms with van der Waals surface area (Å²) in [5.74, 6) is 1.15. The van der Waals surface area contributed by atoms with Crippen molar-refractivity contribution in [2.75, 3.05) is 5.75 Å². The summed E-state index contributed by atoms with van der Waals surface area (Å²) in [5, 5.41) is 14.0. The van der Waals surface area contributed by atoms with E-state index in [-0.39, 0.29) is 17.2 Å². The Kier molecular flexibility index (Phi) is 6.19. The molecule has 1 N–H and O–H groups in total. The molecule has 0 radical (unpaired) electrons. The second-order valence-corrected chi connectivity index (χ2v) is 9.30. The Morgan fingerprint density at radius 1 is 1.20 bits per heavy atom. The van der Waals surface area contributed by atoms with E-state index in [1.165, 1.54) is 23.1 Å². The molecule has 0 spiro atoms. The Morgan fingerprint density at radius 2 is 2.00 bits per heavy atom. The number of fused-ring (bicyclic) bond motifs is 3. The summed E-state index contributed by atoms with van der Waals surface area (Å²) in [4.78, 5) is 25.2. The Morgan fingerprint density at radius 3 is 2.77 bits per heavy atom. The smallest absolute Gasteiger partial charge is 0.272 e. The number of carbonyl (C=O) groups excluding carboxylic acids is 1. The van der Waals surface area contributed by atoms with Crippen LogP contribution in [0, 0.1) is 5.92 Å². The van der Waals surface area contributed by atoms with Crippen LogP contribution >= 0.6 is 23.1 Å².